The second-order valence-electron chi connectivity index (χ2n) is 6.19. The van der Waals surface area contributed by atoms with Crippen LogP contribution < -0.4 is 10.2 Å². The van der Waals surface area contributed by atoms with E-state index in [4.69, 9.17) is 11.6 Å². The molecule has 0 aliphatic rings. The summed E-state index contributed by atoms with van der Waals surface area (Å²) in [6.07, 6.45) is 0.192. The summed E-state index contributed by atoms with van der Waals surface area (Å²) in [5, 5.41) is 3.38. The number of amides is 2. The van der Waals surface area contributed by atoms with Crippen LogP contribution in [-0.4, -0.2) is 18.4 Å². The molecule has 0 saturated carbocycles. The SMILES string of the molecule is CC(=O)N(CCC(=O)Nc1c(C)cc(C)cc1Cl)c1ccccc1C. The highest BCUT2D eigenvalue weighted by Gasteiger charge is 2.16. The van der Waals surface area contributed by atoms with Crippen LogP contribution in [0.4, 0.5) is 11.4 Å². The molecule has 132 valence electrons. The topological polar surface area (TPSA) is 49.4 Å². The van der Waals surface area contributed by atoms with Gasteiger partial charge in [0, 0.05) is 25.6 Å². The minimum atomic E-state index is -0.173. The van der Waals surface area contributed by atoms with Crippen LogP contribution in [0.2, 0.25) is 5.02 Å². The molecule has 2 amide bonds. The van der Waals surface area contributed by atoms with Crippen molar-refractivity contribution in [2.45, 2.75) is 34.1 Å². The third-order valence-electron chi connectivity index (χ3n) is 4.04. The van der Waals surface area contributed by atoms with E-state index in [9.17, 15) is 9.59 Å². The summed E-state index contributed by atoms with van der Waals surface area (Å²) in [6.45, 7) is 7.63. The number of aryl methyl sites for hydroxylation is 3. The van der Waals surface area contributed by atoms with Gasteiger partial charge >= 0.3 is 0 Å². The van der Waals surface area contributed by atoms with E-state index in [2.05, 4.69) is 5.32 Å². The van der Waals surface area contributed by atoms with Gasteiger partial charge < -0.3 is 10.2 Å². The lowest BCUT2D eigenvalue weighted by Crippen LogP contribution is -2.32. The number of para-hydroxylation sites is 1. The smallest absolute Gasteiger partial charge is 0.226 e. The number of anilines is 2. The number of halogens is 1. The fourth-order valence-corrected chi connectivity index (χ4v) is 3.17. The highest BCUT2D eigenvalue weighted by atomic mass is 35.5. The average molecular weight is 359 g/mol. The first kappa shape index (κ1) is 19.0. The standard InChI is InChI=1S/C20H23ClN2O2/c1-13-11-15(3)20(17(21)12-13)22-19(25)9-10-23(16(4)24)18-8-6-5-7-14(18)2/h5-8,11-12H,9-10H2,1-4H3,(H,22,25). The Morgan fingerprint density at radius 1 is 1.08 bits per heavy atom. The Kier molecular flexibility index (Phi) is 6.21. The summed E-state index contributed by atoms with van der Waals surface area (Å²) in [5.74, 6) is -0.264. The zero-order chi connectivity index (χ0) is 18.6. The van der Waals surface area contributed by atoms with Crippen molar-refractivity contribution >= 4 is 34.8 Å². The predicted molar refractivity (Wildman–Crippen MR) is 103 cm³/mol. The van der Waals surface area contributed by atoms with Crippen LogP contribution in [0, 0.1) is 20.8 Å². The van der Waals surface area contributed by atoms with Crippen molar-refractivity contribution in [2.75, 3.05) is 16.8 Å². The lowest BCUT2D eigenvalue weighted by atomic mass is 10.1. The molecule has 1 N–H and O–H groups in total. The van der Waals surface area contributed by atoms with Gasteiger partial charge in [-0.3, -0.25) is 9.59 Å². The van der Waals surface area contributed by atoms with Crippen LogP contribution in [0.25, 0.3) is 0 Å². The van der Waals surface area contributed by atoms with Gasteiger partial charge in [-0.1, -0.05) is 35.9 Å². The van der Waals surface area contributed by atoms with Crippen LogP contribution >= 0.6 is 11.6 Å². The summed E-state index contributed by atoms with van der Waals surface area (Å²) in [5.41, 5.74) is 4.41. The minimum absolute atomic E-state index is 0.0911. The van der Waals surface area contributed by atoms with E-state index in [1.54, 1.807) is 4.90 Å². The zero-order valence-electron chi connectivity index (χ0n) is 15.0. The maximum atomic E-state index is 12.3. The van der Waals surface area contributed by atoms with Crippen LogP contribution in [0.15, 0.2) is 36.4 Å². The molecule has 0 aliphatic carbocycles. The van der Waals surface area contributed by atoms with Crippen molar-refractivity contribution in [3.05, 3.63) is 58.1 Å². The maximum absolute atomic E-state index is 12.3. The Hall–Kier alpha value is -2.33. The van der Waals surface area contributed by atoms with Gasteiger partial charge in [-0.05, 0) is 49.6 Å². The van der Waals surface area contributed by atoms with Crippen LogP contribution in [0.1, 0.15) is 30.0 Å². The fourth-order valence-electron chi connectivity index (χ4n) is 2.80. The molecule has 0 aromatic heterocycles. The summed E-state index contributed by atoms with van der Waals surface area (Å²) < 4.78 is 0. The Morgan fingerprint density at radius 2 is 1.76 bits per heavy atom. The van der Waals surface area contributed by atoms with E-state index in [1.807, 2.05) is 57.2 Å². The number of nitrogens with one attached hydrogen (secondary N) is 1. The second-order valence-corrected chi connectivity index (χ2v) is 6.60. The fraction of sp³-hybridized carbons (Fsp3) is 0.300. The Bertz CT molecular complexity index is 779. The molecule has 25 heavy (non-hydrogen) atoms. The van der Waals surface area contributed by atoms with Crippen molar-refractivity contribution in [3.8, 4) is 0 Å². The molecular formula is C20H23ClN2O2. The van der Waals surface area contributed by atoms with Crippen molar-refractivity contribution < 1.29 is 9.59 Å². The van der Waals surface area contributed by atoms with E-state index in [-0.39, 0.29) is 18.2 Å². The first-order chi connectivity index (χ1) is 11.8. The molecule has 4 nitrogen and oxygen atoms in total. The third kappa shape index (κ3) is 4.83. The van der Waals surface area contributed by atoms with Crippen LogP contribution in [0.3, 0.4) is 0 Å². The van der Waals surface area contributed by atoms with Gasteiger partial charge in [0.15, 0.2) is 0 Å². The number of carbonyl (C=O) groups excluding carboxylic acids is 2. The first-order valence-corrected chi connectivity index (χ1v) is 8.57. The van der Waals surface area contributed by atoms with Crippen molar-refractivity contribution in [1.29, 1.82) is 0 Å². The molecule has 0 bridgehead atoms. The molecule has 0 aliphatic heterocycles. The molecule has 2 rings (SSSR count). The summed E-state index contributed by atoms with van der Waals surface area (Å²) in [7, 11) is 0. The van der Waals surface area contributed by atoms with E-state index < -0.39 is 0 Å². The molecule has 0 saturated heterocycles. The number of rotatable bonds is 5. The normalized spacial score (nSPS) is 10.4. The molecule has 0 unspecified atom stereocenters. The van der Waals surface area contributed by atoms with Gasteiger partial charge in [0.25, 0.3) is 0 Å². The van der Waals surface area contributed by atoms with Crippen molar-refractivity contribution in [1.82, 2.24) is 0 Å². The largest absolute Gasteiger partial charge is 0.324 e. The lowest BCUT2D eigenvalue weighted by molar-refractivity contribution is -0.117. The van der Waals surface area contributed by atoms with E-state index in [0.29, 0.717) is 17.3 Å². The Labute approximate surface area is 153 Å². The number of carbonyl (C=O) groups is 2. The molecule has 5 heteroatoms. The van der Waals surface area contributed by atoms with Gasteiger partial charge in [0.2, 0.25) is 11.8 Å². The molecule has 0 heterocycles. The lowest BCUT2D eigenvalue weighted by Gasteiger charge is -2.23. The van der Waals surface area contributed by atoms with Crippen LogP contribution in [-0.2, 0) is 9.59 Å². The Morgan fingerprint density at radius 3 is 2.36 bits per heavy atom. The highest BCUT2D eigenvalue weighted by Crippen LogP contribution is 2.27. The van der Waals surface area contributed by atoms with Crippen LogP contribution in [0.5, 0.6) is 0 Å². The number of hydrogen-bond acceptors (Lipinski definition) is 2. The molecule has 0 atom stereocenters. The number of hydrogen-bond donors (Lipinski definition) is 1. The molecule has 0 fully saturated rings. The molecule has 2 aromatic rings. The van der Waals surface area contributed by atoms with Crippen molar-refractivity contribution in [3.63, 3.8) is 0 Å². The van der Waals surface area contributed by atoms with Gasteiger partial charge in [-0.15, -0.1) is 0 Å². The summed E-state index contributed by atoms with van der Waals surface area (Å²) in [6, 6.07) is 11.4. The maximum Gasteiger partial charge on any atom is 0.226 e. The molecule has 0 radical (unpaired) electrons. The highest BCUT2D eigenvalue weighted by molar-refractivity contribution is 6.34. The quantitative estimate of drug-likeness (QED) is 0.845. The minimum Gasteiger partial charge on any atom is -0.324 e. The molecular weight excluding hydrogens is 336 g/mol. The predicted octanol–water partition coefficient (Wildman–Crippen LogP) is 4.65. The van der Waals surface area contributed by atoms with E-state index in [0.717, 1.165) is 22.4 Å². The first-order valence-electron chi connectivity index (χ1n) is 8.20. The second kappa shape index (κ2) is 8.17. The molecule has 2 aromatic carbocycles. The van der Waals surface area contributed by atoms with Gasteiger partial charge in [0.1, 0.15) is 0 Å². The van der Waals surface area contributed by atoms with E-state index in [1.165, 1.54) is 6.92 Å². The monoisotopic (exact) mass is 358 g/mol. The Balaban J connectivity index is 2.08. The average Bonchev–Trinajstić information content (AvgIpc) is 2.52. The van der Waals surface area contributed by atoms with Gasteiger partial charge in [-0.25, -0.2) is 0 Å². The summed E-state index contributed by atoms with van der Waals surface area (Å²) in [4.78, 5) is 25.9. The number of benzene rings is 2. The third-order valence-corrected chi connectivity index (χ3v) is 4.34. The number of nitrogens with zero attached hydrogens (tertiary/aromatic N) is 1. The zero-order valence-corrected chi connectivity index (χ0v) is 15.8. The van der Waals surface area contributed by atoms with Crippen molar-refractivity contribution in [2.24, 2.45) is 0 Å². The summed E-state index contributed by atoms with van der Waals surface area (Å²) >= 11 is 6.23. The van der Waals surface area contributed by atoms with Gasteiger partial charge in [-0.2, -0.15) is 0 Å². The van der Waals surface area contributed by atoms with Gasteiger partial charge in [0.05, 0.1) is 10.7 Å². The van der Waals surface area contributed by atoms with E-state index >= 15 is 0 Å². The molecule has 0 spiro atoms.